The summed E-state index contributed by atoms with van der Waals surface area (Å²) >= 11 is 3.45. The van der Waals surface area contributed by atoms with Crippen LogP contribution >= 0.6 is 15.9 Å². The Morgan fingerprint density at radius 3 is 2.92 bits per heavy atom. The van der Waals surface area contributed by atoms with Crippen LogP contribution in [-0.4, -0.2) is 4.68 Å². The molecular formula is C9H10BrN2+. The number of halogens is 1. The summed E-state index contributed by atoms with van der Waals surface area (Å²) in [5.41, 5.74) is 1.24. The fraction of sp³-hybridized carbons (Fsp3) is 0.222. The van der Waals surface area contributed by atoms with Crippen LogP contribution in [0.25, 0.3) is 10.9 Å². The molecule has 2 nitrogen and oxygen atoms in total. The molecule has 0 N–H and O–H groups in total. The number of aromatic nitrogens is 2. The lowest BCUT2D eigenvalue weighted by Crippen LogP contribution is -2.35. The van der Waals surface area contributed by atoms with Gasteiger partial charge in [-0.2, -0.15) is 4.68 Å². The lowest BCUT2D eigenvalue weighted by molar-refractivity contribution is -0.748. The van der Waals surface area contributed by atoms with Crippen molar-refractivity contribution >= 4 is 26.8 Å². The average Bonchev–Trinajstić information content (AvgIpc) is 2.31. The number of aryl methyl sites for hydroxylation is 2. The van der Waals surface area contributed by atoms with Crippen LogP contribution in [0.5, 0.6) is 0 Å². The quantitative estimate of drug-likeness (QED) is 0.605. The van der Waals surface area contributed by atoms with E-state index >= 15 is 0 Å². The number of hydrogen-bond donors (Lipinski definition) is 0. The summed E-state index contributed by atoms with van der Waals surface area (Å²) in [5.74, 6) is 0. The molecule has 0 bridgehead atoms. The van der Waals surface area contributed by atoms with Gasteiger partial charge in [0.05, 0.1) is 12.4 Å². The second-order valence-corrected chi connectivity index (χ2v) is 3.85. The van der Waals surface area contributed by atoms with E-state index in [4.69, 9.17) is 0 Å². The maximum Gasteiger partial charge on any atom is 0.203 e. The molecule has 0 aliphatic rings. The summed E-state index contributed by atoms with van der Waals surface area (Å²) in [7, 11) is 4.09. The first kappa shape index (κ1) is 7.80. The third-order valence-corrected chi connectivity index (χ3v) is 2.63. The van der Waals surface area contributed by atoms with E-state index in [1.807, 2.05) is 7.05 Å². The van der Waals surface area contributed by atoms with Crippen LogP contribution < -0.4 is 4.68 Å². The highest BCUT2D eigenvalue weighted by Gasteiger charge is 2.07. The molecule has 0 radical (unpaired) electrons. The van der Waals surface area contributed by atoms with E-state index in [0.29, 0.717) is 0 Å². The Hall–Kier alpha value is -0.830. The van der Waals surface area contributed by atoms with Crippen LogP contribution in [-0.2, 0) is 14.1 Å². The largest absolute Gasteiger partial charge is 0.203 e. The monoisotopic (exact) mass is 225 g/mol. The fourth-order valence-electron chi connectivity index (χ4n) is 1.36. The van der Waals surface area contributed by atoms with Crippen molar-refractivity contribution in [2.45, 2.75) is 0 Å². The van der Waals surface area contributed by atoms with Gasteiger partial charge in [0, 0.05) is 4.47 Å². The van der Waals surface area contributed by atoms with Gasteiger partial charge in [0.15, 0.2) is 7.05 Å². The van der Waals surface area contributed by atoms with Crippen molar-refractivity contribution in [2.24, 2.45) is 14.1 Å². The predicted molar refractivity (Wildman–Crippen MR) is 51.8 cm³/mol. The lowest BCUT2D eigenvalue weighted by Gasteiger charge is -1.91. The standard InChI is InChI=1S/C9H10BrN2/c1-11-6-7-3-4-8(10)5-9(7)12(11)2/h3-6H,1-2H3/q+1. The normalized spacial score (nSPS) is 10.9. The fourth-order valence-corrected chi connectivity index (χ4v) is 1.71. The van der Waals surface area contributed by atoms with Crippen LogP contribution in [0.2, 0.25) is 0 Å². The molecule has 2 aromatic rings. The minimum absolute atomic E-state index is 1.12. The summed E-state index contributed by atoms with van der Waals surface area (Å²) < 4.78 is 5.30. The molecule has 0 saturated carbocycles. The molecule has 0 aliphatic carbocycles. The van der Waals surface area contributed by atoms with Crippen molar-refractivity contribution in [3.05, 3.63) is 28.9 Å². The van der Waals surface area contributed by atoms with Crippen LogP contribution in [0.4, 0.5) is 0 Å². The molecule has 62 valence electrons. The number of benzene rings is 1. The molecule has 0 aliphatic heterocycles. The molecular weight excluding hydrogens is 216 g/mol. The molecule has 0 saturated heterocycles. The number of fused-ring (bicyclic) bond motifs is 1. The summed E-state index contributed by atoms with van der Waals surface area (Å²) in [6.45, 7) is 0. The third-order valence-electron chi connectivity index (χ3n) is 2.14. The first-order valence-electron chi connectivity index (χ1n) is 3.79. The maximum absolute atomic E-state index is 3.45. The number of rotatable bonds is 0. The smallest absolute Gasteiger partial charge is 0.156 e. The zero-order valence-corrected chi connectivity index (χ0v) is 8.67. The molecule has 0 spiro atoms. The van der Waals surface area contributed by atoms with E-state index in [2.05, 4.69) is 56.7 Å². The van der Waals surface area contributed by atoms with Gasteiger partial charge in [-0.1, -0.05) is 15.9 Å². The highest BCUT2D eigenvalue weighted by Crippen LogP contribution is 2.17. The van der Waals surface area contributed by atoms with Crippen LogP contribution in [0.1, 0.15) is 0 Å². The van der Waals surface area contributed by atoms with Gasteiger partial charge < -0.3 is 0 Å². The van der Waals surface area contributed by atoms with E-state index in [9.17, 15) is 0 Å². The number of hydrogen-bond acceptors (Lipinski definition) is 0. The molecule has 3 heteroatoms. The van der Waals surface area contributed by atoms with Crippen LogP contribution in [0, 0.1) is 0 Å². The second kappa shape index (κ2) is 2.59. The zero-order valence-electron chi connectivity index (χ0n) is 7.08. The summed E-state index contributed by atoms with van der Waals surface area (Å²) in [4.78, 5) is 0. The van der Waals surface area contributed by atoms with E-state index in [1.54, 1.807) is 0 Å². The second-order valence-electron chi connectivity index (χ2n) is 2.93. The molecule has 1 heterocycles. The highest BCUT2D eigenvalue weighted by atomic mass is 79.9. The summed E-state index contributed by atoms with van der Waals surface area (Å²) in [5, 5.41) is 1.27. The molecule has 0 atom stereocenters. The highest BCUT2D eigenvalue weighted by molar-refractivity contribution is 9.10. The lowest BCUT2D eigenvalue weighted by atomic mass is 10.3. The summed E-state index contributed by atoms with van der Waals surface area (Å²) in [6, 6.07) is 6.29. The van der Waals surface area contributed by atoms with E-state index < -0.39 is 0 Å². The van der Waals surface area contributed by atoms with E-state index in [0.717, 1.165) is 4.47 Å². The molecule has 0 fully saturated rings. The van der Waals surface area contributed by atoms with Gasteiger partial charge in [-0.05, 0) is 18.2 Å². The molecule has 0 amide bonds. The van der Waals surface area contributed by atoms with Crippen molar-refractivity contribution < 1.29 is 4.68 Å². The minimum atomic E-state index is 1.12. The van der Waals surface area contributed by atoms with Gasteiger partial charge in [-0.3, -0.25) is 0 Å². The topological polar surface area (TPSA) is 8.81 Å². The Kier molecular flexibility index (Phi) is 1.68. The predicted octanol–water partition coefficient (Wildman–Crippen LogP) is 1.77. The van der Waals surface area contributed by atoms with Gasteiger partial charge in [0.2, 0.25) is 6.20 Å². The van der Waals surface area contributed by atoms with E-state index in [1.165, 1.54) is 10.9 Å². The molecule has 1 aromatic carbocycles. The Labute approximate surface area is 79.5 Å². The number of nitrogens with zero attached hydrogens (tertiary/aromatic N) is 2. The molecule has 12 heavy (non-hydrogen) atoms. The Bertz CT molecular complexity index is 431. The molecule has 1 aromatic heterocycles. The minimum Gasteiger partial charge on any atom is -0.156 e. The van der Waals surface area contributed by atoms with E-state index in [-0.39, 0.29) is 0 Å². The van der Waals surface area contributed by atoms with Gasteiger partial charge in [-0.15, -0.1) is 4.68 Å². The summed E-state index contributed by atoms with van der Waals surface area (Å²) in [6.07, 6.45) is 2.11. The van der Waals surface area contributed by atoms with Crippen LogP contribution in [0.3, 0.4) is 0 Å². The Balaban J connectivity index is 2.88. The van der Waals surface area contributed by atoms with Gasteiger partial charge in [0.1, 0.15) is 5.52 Å². The molecule has 0 unspecified atom stereocenters. The third kappa shape index (κ3) is 1.05. The van der Waals surface area contributed by atoms with Gasteiger partial charge >= 0.3 is 0 Å². The first-order chi connectivity index (χ1) is 5.68. The van der Waals surface area contributed by atoms with Crippen molar-refractivity contribution in [3.8, 4) is 0 Å². The van der Waals surface area contributed by atoms with Crippen LogP contribution in [0.15, 0.2) is 28.9 Å². The van der Waals surface area contributed by atoms with Crippen molar-refractivity contribution in [1.29, 1.82) is 0 Å². The maximum atomic E-state index is 3.45. The Morgan fingerprint density at radius 2 is 2.17 bits per heavy atom. The SMILES string of the molecule is Cn1c2cc(Br)ccc2c[n+]1C. The van der Waals surface area contributed by atoms with Gasteiger partial charge in [-0.25, -0.2) is 0 Å². The van der Waals surface area contributed by atoms with Gasteiger partial charge in [0.25, 0.3) is 0 Å². The van der Waals surface area contributed by atoms with Crippen molar-refractivity contribution in [3.63, 3.8) is 0 Å². The average molecular weight is 226 g/mol. The van der Waals surface area contributed by atoms with Crippen molar-refractivity contribution in [2.75, 3.05) is 0 Å². The first-order valence-corrected chi connectivity index (χ1v) is 4.58. The van der Waals surface area contributed by atoms with Crippen molar-refractivity contribution in [1.82, 2.24) is 4.68 Å². The Morgan fingerprint density at radius 1 is 1.42 bits per heavy atom. The zero-order chi connectivity index (χ0) is 8.72. The molecule has 2 rings (SSSR count).